The fourth-order valence-corrected chi connectivity index (χ4v) is 3.90. The van der Waals surface area contributed by atoms with Crippen LogP contribution in [0.4, 0.5) is 5.69 Å². The second-order valence-electron chi connectivity index (χ2n) is 6.53. The van der Waals surface area contributed by atoms with E-state index in [4.69, 9.17) is 0 Å². The lowest BCUT2D eigenvalue weighted by Gasteiger charge is -2.30. The van der Waals surface area contributed by atoms with Gasteiger partial charge in [-0.2, -0.15) is 0 Å². The Balaban J connectivity index is 1.88. The van der Waals surface area contributed by atoms with Crippen LogP contribution in [0.2, 0.25) is 0 Å². The van der Waals surface area contributed by atoms with Gasteiger partial charge in [0.1, 0.15) is 5.50 Å². The van der Waals surface area contributed by atoms with Gasteiger partial charge >= 0.3 is 0 Å². The van der Waals surface area contributed by atoms with Gasteiger partial charge in [-0.05, 0) is 31.9 Å². The van der Waals surface area contributed by atoms with E-state index in [0.29, 0.717) is 0 Å². The third-order valence-corrected chi connectivity index (χ3v) is 5.16. The van der Waals surface area contributed by atoms with Crippen LogP contribution in [0.5, 0.6) is 0 Å². The molecule has 4 N–H and O–H groups in total. The molecule has 7 nitrogen and oxygen atoms in total. The Morgan fingerprint density at radius 3 is 2.46 bits per heavy atom. The molecule has 8 heteroatoms. The van der Waals surface area contributed by atoms with Gasteiger partial charge in [-0.25, -0.2) is 0 Å². The van der Waals surface area contributed by atoms with Crippen LogP contribution < -0.4 is 21.3 Å². The number of amides is 3. The smallest absolute Gasteiger partial charge is 0.234 e. The average molecular weight is 378 g/mol. The van der Waals surface area contributed by atoms with Crippen LogP contribution in [0.1, 0.15) is 29.5 Å². The molecule has 3 amide bonds. The van der Waals surface area contributed by atoms with Crippen molar-refractivity contribution in [2.24, 2.45) is 0 Å². The van der Waals surface area contributed by atoms with Gasteiger partial charge in [-0.3, -0.25) is 19.7 Å². The molecule has 1 saturated heterocycles. The zero-order chi connectivity index (χ0) is 19.3. The van der Waals surface area contributed by atoms with Crippen LogP contribution in [0.15, 0.2) is 12.1 Å². The quantitative estimate of drug-likeness (QED) is 0.596. The number of carbonyl (C=O) groups is 3. The molecule has 1 aliphatic heterocycles. The van der Waals surface area contributed by atoms with Crippen LogP contribution in [-0.2, 0) is 14.4 Å². The third-order valence-electron chi connectivity index (χ3n) is 4.14. The lowest BCUT2D eigenvalue weighted by molar-refractivity contribution is -0.125. The molecule has 2 unspecified atom stereocenters. The number of aryl methyl sites for hydroxylation is 3. The molecule has 0 aliphatic carbocycles. The van der Waals surface area contributed by atoms with Crippen molar-refractivity contribution in [1.29, 1.82) is 0 Å². The number of rotatable bonds is 6. The Morgan fingerprint density at radius 2 is 1.85 bits per heavy atom. The van der Waals surface area contributed by atoms with E-state index in [-0.39, 0.29) is 42.4 Å². The maximum absolute atomic E-state index is 12.3. The first-order valence-corrected chi connectivity index (χ1v) is 9.58. The topological polar surface area (TPSA) is 99.3 Å². The molecule has 0 spiro atoms. The molecule has 142 valence electrons. The SMILES string of the molecule is CNC(=O)CC1CC(=O)NC(SCC(=O)Nc2c(C)cc(C)cc2C)N1. The summed E-state index contributed by atoms with van der Waals surface area (Å²) in [5.74, 6) is -0.184. The summed E-state index contributed by atoms with van der Waals surface area (Å²) in [6, 6.07) is 3.83. The molecule has 2 rings (SSSR count). The summed E-state index contributed by atoms with van der Waals surface area (Å²) in [7, 11) is 1.57. The monoisotopic (exact) mass is 378 g/mol. The van der Waals surface area contributed by atoms with Gasteiger partial charge in [0.05, 0.1) is 5.75 Å². The Hall–Kier alpha value is -2.06. The molecule has 0 radical (unpaired) electrons. The highest BCUT2D eigenvalue weighted by Crippen LogP contribution is 2.22. The minimum atomic E-state index is -0.392. The predicted molar refractivity (Wildman–Crippen MR) is 104 cm³/mol. The molecule has 0 aromatic heterocycles. The summed E-state index contributed by atoms with van der Waals surface area (Å²) >= 11 is 1.29. The zero-order valence-electron chi connectivity index (χ0n) is 15.6. The van der Waals surface area contributed by atoms with E-state index in [0.717, 1.165) is 22.4 Å². The second kappa shape index (κ2) is 9.05. The number of hydrogen-bond acceptors (Lipinski definition) is 5. The van der Waals surface area contributed by atoms with Gasteiger partial charge in [-0.1, -0.05) is 17.7 Å². The normalized spacial score (nSPS) is 19.6. The molecular weight excluding hydrogens is 352 g/mol. The minimum Gasteiger partial charge on any atom is -0.359 e. The van der Waals surface area contributed by atoms with Gasteiger partial charge < -0.3 is 16.0 Å². The standard InChI is InChI=1S/C18H26N4O3S/c1-10-5-11(2)17(12(3)6-10)21-16(25)9-26-18-20-13(7-14(23)19-4)8-15(24)22-18/h5-6,13,18,20H,7-9H2,1-4H3,(H,19,23)(H,21,25)(H,22,24). The first-order valence-electron chi connectivity index (χ1n) is 8.53. The van der Waals surface area contributed by atoms with E-state index in [1.54, 1.807) is 7.05 Å². The van der Waals surface area contributed by atoms with Crippen LogP contribution in [0, 0.1) is 20.8 Å². The van der Waals surface area contributed by atoms with Crippen LogP contribution in [-0.4, -0.2) is 42.1 Å². The largest absolute Gasteiger partial charge is 0.359 e. The fourth-order valence-electron chi connectivity index (χ4n) is 3.00. The van der Waals surface area contributed by atoms with E-state index >= 15 is 0 Å². The van der Waals surface area contributed by atoms with E-state index < -0.39 is 5.50 Å². The van der Waals surface area contributed by atoms with E-state index in [9.17, 15) is 14.4 Å². The van der Waals surface area contributed by atoms with Gasteiger partial charge in [0, 0.05) is 31.6 Å². The van der Waals surface area contributed by atoms with E-state index in [1.807, 2.05) is 32.9 Å². The molecule has 1 aromatic rings. The first-order chi connectivity index (χ1) is 12.3. The molecule has 26 heavy (non-hydrogen) atoms. The number of anilines is 1. The Kier molecular flexibility index (Phi) is 7.05. The molecule has 0 saturated carbocycles. The van der Waals surface area contributed by atoms with Crippen molar-refractivity contribution < 1.29 is 14.4 Å². The first kappa shape index (κ1) is 20.3. The number of benzene rings is 1. The predicted octanol–water partition coefficient (Wildman–Crippen LogP) is 1.18. The van der Waals surface area contributed by atoms with Crippen LogP contribution in [0.25, 0.3) is 0 Å². The van der Waals surface area contributed by atoms with Crippen LogP contribution >= 0.6 is 11.8 Å². The molecule has 1 aromatic carbocycles. The highest BCUT2D eigenvalue weighted by Gasteiger charge is 2.27. The molecule has 1 heterocycles. The average Bonchev–Trinajstić information content (AvgIpc) is 2.55. The number of nitrogens with one attached hydrogen (secondary N) is 4. The summed E-state index contributed by atoms with van der Waals surface area (Å²) in [6.45, 7) is 5.96. The van der Waals surface area contributed by atoms with Gasteiger partial charge in [0.25, 0.3) is 0 Å². The van der Waals surface area contributed by atoms with Crippen molar-refractivity contribution in [1.82, 2.24) is 16.0 Å². The Morgan fingerprint density at radius 1 is 1.19 bits per heavy atom. The number of carbonyl (C=O) groups excluding carboxylic acids is 3. The second-order valence-corrected chi connectivity index (χ2v) is 7.62. The summed E-state index contributed by atoms with van der Waals surface area (Å²) in [5, 5.41) is 11.5. The third kappa shape index (κ3) is 5.74. The molecule has 1 fully saturated rings. The van der Waals surface area contributed by atoms with Crippen molar-refractivity contribution in [2.75, 3.05) is 18.1 Å². The lowest BCUT2D eigenvalue weighted by atomic mass is 10.1. The van der Waals surface area contributed by atoms with Crippen molar-refractivity contribution >= 4 is 35.2 Å². The summed E-state index contributed by atoms with van der Waals surface area (Å²) in [5.41, 5.74) is 3.64. The van der Waals surface area contributed by atoms with Gasteiger partial charge in [0.2, 0.25) is 17.7 Å². The molecular formula is C18H26N4O3S. The minimum absolute atomic E-state index is 0.121. The molecule has 1 aliphatic rings. The highest BCUT2D eigenvalue weighted by molar-refractivity contribution is 8.00. The van der Waals surface area contributed by atoms with E-state index in [2.05, 4.69) is 21.3 Å². The maximum atomic E-state index is 12.3. The molecule has 0 bridgehead atoms. The summed E-state index contributed by atoms with van der Waals surface area (Å²) in [4.78, 5) is 35.6. The fraction of sp³-hybridized carbons (Fsp3) is 0.500. The summed E-state index contributed by atoms with van der Waals surface area (Å²) < 4.78 is 0. The van der Waals surface area contributed by atoms with Crippen molar-refractivity contribution in [3.05, 3.63) is 28.8 Å². The van der Waals surface area contributed by atoms with Crippen molar-refractivity contribution in [3.8, 4) is 0 Å². The zero-order valence-corrected chi connectivity index (χ0v) is 16.4. The van der Waals surface area contributed by atoms with Crippen LogP contribution in [0.3, 0.4) is 0 Å². The maximum Gasteiger partial charge on any atom is 0.234 e. The lowest BCUT2D eigenvalue weighted by Crippen LogP contribution is -2.55. The number of hydrogen-bond donors (Lipinski definition) is 4. The number of thioether (sulfide) groups is 1. The highest BCUT2D eigenvalue weighted by atomic mass is 32.2. The van der Waals surface area contributed by atoms with E-state index in [1.165, 1.54) is 11.8 Å². The van der Waals surface area contributed by atoms with Crippen molar-refractivity contribution in [3.63, 3.8) is 0 Å². The van der Waals surface area contributed by atoms with Gasteiger partial charge in [0.15, 0.2) is 0 Å². The Bertz CT molecular complexity index is 685. The Labute approximate surface area is 158 Å². The summed E-state index contributed by atoms with van der Waals surface area (Å²) in [6.07, 6.45) is 0.480. The van der Waals surface area contributed by atoms with Gasteiger partial charge in [-0.15, -0.1) is 11.8 Å². The van der Waals surface area contributed by atoms with Crippen molar-refractivity contribution in [2.45, 2.75) is 45.2 Å². The molecule has 2 atom stereocenters.